The standard InChI is InChI=1S/C69H82N6O26/c1-7-8-21-32-87-68-69(85,49(80)31-30-39(2)76)62(93-36-46-28-19-12-20-29-46)58(59(101-68)63(82)83)99-66-51(73-75-71)55(91-34-44-24-15-10-16-25-44)53(48(96-66)38-89-41(4)78)97-67-61(94-42(5)79)56(92-35-45-26-17-11-18-27-45)57(60(100-67)64(84)86-6)98-65-50(72-74-70)54(90-33-43-22-13-9-14-23-43)52(81)47(95-65)37-88-40(3)77/h7,9-20,22-29,47-48,50-62,65-68,81,85H,1,8,21,30-38H2,2-6H3,(H,82,83)/t47-,48-,50-,51-,52-,53-,54-,55-,56+,57+,58-,59+,60-,61-,62+,65-,66-,67-,68-,69-/m1/s1. The molecule has 0 spiro atoms. The third-order valence-corrected chi connectivity index (χ3v) is 16.6. The van der Waals surface area contributed by atoms with Gasteiger partial charge < -0.3 is 95.9 Å². The first-order valence-electron chi connectivity index (χ1n) is 32.4. The van der Waals surface area contributed by atoms with Crippen LogP contribution in [0.4, 0.5) is 0 Å². The van der Waals surface area contributed by atoms with Crippen LogP contribution in [0.25, 0.3) is 20.9 Å². The number of carboxylic acids is 1. The maximum atomic E-state index is 14.8. The van der Waals surface area contributed by atoms with Crippen LogP contribution >= 0.6 is 0 Å². The molecule has 4 aliphatic rings. The summed E-state index contributed by atoms with van der Waals surface area (Å²) in [5.74, 6) is -7.16. The number of hydrogen-bond acceptors (Lipinski definition) is 27. The number of hydrogen-bond donors (Lipinski definition) is 3. The van der Waals surface area contributed by atoms with Gasteiger partial charge in [-0.25, -0.2) is 9.59 Å². The van der Waals surface area contributed by atoms with Gasteiger partial charge in [0, 0.05) is 43.4 Å². The zero-order chi connectivity index (χ0) is 72.6. The number of aliphatic hydroxyl groups excluding tert-OH is 1. The first-order chi connectivity index (χ1) is 48.7. The van der Waals surface area contributed by atoms with E-state index in [0.717, 1.165) is 27.9 Å². The Morgan fingerprint density at radius 2 is 1.03 bits per heavy atom. The first-order valence-corrected chi connectivity index (χ1v) is 32.4. The topological polar surface area (TPSA) is 425 Å². The number of Topliss-reactive ketones (excluding diaryl/α,β-unsaturated/α-hetero) is 2. The normalized spacial score (nSPS) is 30.0. The third kappa shape index (κ3) is 21.0. The van der Waals surface area contributed by atoms with Crippen LogP contribution in [0.1, 0.15) is 75.6 Å². The van der Waals surface area contributed by atoms with Crippen molar-refractivity contribution in [3.8, 4) is 0 Å². The monoisotopic (exact) mass is 1410 g/mol. The van der Waals surface area contributed by atoms with Crippen molar-refractivity contribution in [2.24, 2.45) is 10.2 Å². The average molecular weight is 1410 g/mol. The zero-order valence-corrected chi connectivity index (χ0v) is 56.0. The van der Waals surface area contributed by atoms with E-state index in [-0.39, 0.29) is 32.8 Å². The van der Waals surface area contributed by atoms with Gasteiger partial charge in [-0.05, 0) is 53.1 Å². The SMILES string of the molecule is C=CCCCO[C@@H]1O[C@H](C(=O)O)[C@@H](O[C@H]2O[C@H](COC(C)=O)[C@@H](O[C@@H]3O[C@@H](C(=O)OC)[C@@H](O[C@H]4O[C@H](COC(C)=O)[C@@H](O)[C@H](OCc5ccccc5)[C@H]4N=[N+]=[N-])[C@H](OCc4ccccc4)[C@H]3OC(C)=O)[C@H](OCc3ccccc3)[C@H]2N=[N+]=[N-])[C@H](OCc2ccccc2)[C@]1(O)C(=O)CCC(C)=O. The highest BCUT2D eigenvalue weighted by Crippen LogP contribution is 2.43. The Balaban J connectivity index is 1.26. The van der Waals surface area contributed by atoms with Gasteiger partial charge in [0.15, 0.2) is 49.3 Å². The molecule has 8 rings (SSSR count). The number of ether oxygens (including phenoxy) is 16. The molecule has 4 heterocycles. The summed E-state index contributed by atoms with van der Waals surface area (Å²) < 4.78 is 100. The number of methoxy groups -OCH3 is 1. The van der Waals surface area contributed by atoms with Crippen LogP contribution in [0.2, 0.25) is 0 Å². The quantitative estimate of drug-likeness (QED) is 0.00884. The van der Waals surface area contributed by atoms with Crippen molar-refractivity contribution in [2.75, 3.05) is 26.9 Å². The molecule has 4 aliphatic heterocycles. The Morgan fingerprint density at radius 3 is 1.51 bits per heavy atom. The summed E-state index contributed by atoms with van der Waals surface area (Å²) in [6.45, 7) is 5.18. The first kappa shape index (κ1) is 78.1. The number of nitrogens with zero attached hydrogens (tertiary/aromatic N) is 6. The number of aliphatic hydroxyl groups is 2. The van der Waals surface area contributed by atoms with E-state index in [1.165, 1.54) is 6.92 Å². The van der Waals surface area contributed by atoms with Gasteiger partial charge in [-0.1, -0.05) is 138 Å². The molecule has 0 bridgehead atoms. The Labute approximate surface area is 580 Å². The van der Waals surface area contributed by atoms with E-state index in [0.29, 0.717) is 28.7 Å². The molecule has 4 aromatic rings. The number of ketones is 2. The van der Waals surface area contributed by atoms with Gasteiger partial charge in [0.2, 0.25) is 5.60 Å². The molecule has 544 valence electrons. The van der Waals surface area contributed by atoms with Gasteiger partial charge in [-0.3, -0.25) is 19.2 Å². The minimum atomic E-state index is -3.00. The summed E-state index contributed by atoms with van der Waals surface area (Å²) in [5, 5.41) is 44.2. The van der Waals surface area contributed by atoms with Crippen LogP contribution < -0.4 is 0 Å². The molecule has 20 atom stereocenters. The maximum Gasteiger partial charge on any atom is 0.337 e. The summed E-state index contributed by atoms with van der Waals surface area (Å²) in [6, 6.07) is 30.4. The minimum Gasteiger partial charge on any atom is -0.479 e. The van der Waals surface area contributed by atoms with Crippen molar-refractivity contribution < 1.29 is 125 Å². The Hall–Kier alpha value is -8.63. The van der Waals surface area contributed by atoms with Gasteiger partial charge in [0.1, 0.15) is 86.0 Å². The lowest BCUT2D eigenvalue weighted by atomic mass is 9.80. The highest BCUT2D eigenvalue weighted by Gasteiger charge is 2.65. The van der Waals surface area contributed by atoms with E-state index in [1.54, 1.807) is 127 Å². The van der Waals surface area contributed by atoms with Crippen molar-refractivity contribution >= 4 is 41.4 Å². The molecular formula is C69H82N6O26. The second kappa shape index (κ2) is 38.4. The molecule has 32 heteroatoms. The van der Waals surface area contributed by atoms with E-state index in [1.807, 2.05) is 0 Å². The number of aliphatic carboxylic acids is 1. The fraction of sp³-hybridized carbons (Fsp3) is 0.522. The van der Waals surface area contributed by atoms with Crippen LogP contribution in [-0.4, -0.2) is 206 Å². The van der Waals surface area contributed by atoms with Crippen molar-refractivity contribution in [2.45, 2.75) is 202 Å². The van der Waals surface area contributed by atoms with E-state index in [9.17, 15) is 59.9 Å². The number of benzene rings is 4. The lowest BCUT2D eigenvalue weighted by Crippen LogP contribution is -2.73. The smallest absolute Gasteiger partial charge is 0.337 e. The van der Waals surface area contributed by atoms with E-state index >= 15 is 0 Å². The molecule has 0 aromatic heterocycles. The Morgan fingerprint density at radius 1 is 0.554 bits per heavy atom. The van der Waals surface area contributed by atoms with Crippen LogP contribution in [0.3, 0.4) is 0 Å². The number of carboxylic acid groups (broad SMARTS) is 1. The number of esters is 4. The number of azide groups is 2. The van der Waals surface area contributed by atoms with E-state index in [2.05, 4.69) is 26.6 Å². The number of carbonyl (C=O) groups is 7. The molecule has 0 radical (unpaired) electrons. The molecule has 3 N–H and O–H groups in total. The summed E-state index contributed by atoms with van der Waals surface area (Å²) in [6.07, 6.45) is -31.3. The molecule has 4 saturated heterocycles. The highest BCUT2D eigenvalue weighted by molar-refractivity contribution is 5.92. The molecule has 4 aromatic carbocycles. The highest BCUT2D eigenvalue weighted by atomic mass is 16.8. The van der Waals surface area contributed by atoms with Gasteiger partial charge in [0.25, 0.3) is 0 Å². The van der Waals surface area contributed by atoms with Crippen LogP contribution in [0.15, 0.2) is 144 Å². The fourth-order valence-electron chi connectivity index (χ4n) is 11.8. The molecule has 0 unspecified atom stereocenters. The summed E-state index contributed by atoms with van der Waals surface area (Å²) >= 11 is 0. The number of carbonyl (C=O) groups excluding carboxylic acids is 6. The number of unbranched alkanes of at least 4 members (excludes halogenated alkanes) is 1. The second-order valence-electron chi connectivity index (χ2n) is 23.9. The van der Waals surface area contributed by atoms with Gasteiger partial charge in [-0.2, -0.15) is 0 Å². The Bertz CT molecular complexity index is 3480. The lowest BCUT2D eigenvalue weighted by Gasteiger charge is -2.52. The molecule has 0 amide bonds. The zero-order valence-electron chi connectivity index (χ0n) is 56.0. The van der Waals surface area contributed by atoms with Crippen LogP contribution in [0.5, 0.6) is 0 Å². The van der Waals surface area contributed by atoms with Crippen molar-refractivity contribution in [3.63, 3.8) is 0 Å². The predicted molar refractivity (Wildman–Crippen MR) is 345 cm³/mol. The molecule has 4 fully saturated rings. The van der Waals surface area contributed by atoms with Gasteiger partial charge in [-0.15, -0.1) is 6.58 Å². The Kier molecular flexibility index (Phi) is 29.7. The molecular weight excluding hydrogens is 1330 g/mol. The number of allylic oxidation sites excluding steroid dienone is 1. The van der Waals surface area contributed by atoms with Gasteiger partial charge in [0.05, 0.1) is 46.2 Å². The van der Waals surface area contributed by atoms with Gasteiger partial charge >= 0.3 is 29.8 Å². The largest absolute Gasteiger partial charge is 0.479 e. The number of rotatable bonds is 36. The van der Waals surface area contributed by atoms with Crippen molar-refractivity contribution in [3.05, 3.63) is 177 Å². The molecule has 101 heavy (non-hydrogen) atoms. The molecule has 32 nitrogen and oxygen atoms in total. The summed E-state index contributed by atoms with van der Waals surface area (Å²) in [4.78, 5) is 101. The molecule has 0 aliphatic carbocycles. The second-order valence-corrected chi connectivity index (χ2v) is 23.9. The summed E-state index contributed by atoms with van der Waals surface area (Å²) in [5.41, 5.74) is 19.8. The van der Waals surface area contributed by atoms with Crippen molar-refractivity contribution in [1.29, 1.82) is 0 Å². The van der Waals surface area contributed by atoms with Crippen molar-refractivity contribution in [1.82, 2.24) is 0 Å². The molecule has 0 saturated carbocycles. The van der Waals surface area contributed by atoms with E-state index < -0.39 is 196 Å². The van der Waals surface area contributed by atoms with Crippen LogP contribution in [0, 0.1) is 0 Å². The van der Waals surface area contributed by atoms with Crippen LogP contribution in [-0.2, 0) is 136 Å². The maximum absolute atomic E-state index is 14.8. The predicted octanol–water partition coefficient (Wildman–Crippen LogP) is 6.07. The lowest BCUT2D eigenvalue weighted by molar-refractivity contribution is -0.381. The fourth-order valence-corrected chi connectivity index (χ4v) is 11.8. The average Bonchev–Trinajstić information content (AvgIpc) is 0.766. The third-order valence-electron chi connectivity index (χ3n) is 16.6. The summed E-state index contributed by atoms with van der Waals surface area (Å²) in [7, 11) is 1.00. The minimum absolute atomic E-state index is 0.171. The van der Waals surface area contributed by atoms with E-state index in [4.69, 9.17) is 75.8 Å².